The van der Waals surface area contributed by atoms with Gasteiger partial charge in [-0.2, -0.15) is 0 Å². The standard InChI is InChI=1S/C33H57N3O6/c1-10-22(4)30(35(7)28(37)19-21(2)3)27(41-8)20-29(38)36-18-14-17-26(36)32(42-9)23(5)33(40)34-24(6)31(39)25-15-12-11-13-16-25/h11-13,15-16,21-24,26-28,30-32,37,39H,10,14,17-20H2,1-9H3,(H,34,40)/t22-,23+,24+,26-,27+,28?,30-,31+,32+/m0/s1. The van der Waals surface area contributed by atoms with Gasteiger partial charge in [0.25, 0.3) is 0 Å². The first-order valence-corrected chi connectivity index (χ1v) is 15.7. The topological polar surface area (TPSA) is 112 Å². The summed E-state index contributed by atoms with van der Waals surface area (Å²) in [6.07, 6.45) is 0.903. The summed E-state index contributed by atoms with van der Waals surface area (Å²) in [5.74, 6) is -0.263. The maximum absolute atomic E-state index is 13.8. The highest BCUT2D eigenvalue weighted by Crippen LogP contribution is 2.30. The van der Waals surface area contributed by atoms with Crippen LogP contribution in [-0.2, 0) is 19.1 Å². The number of aliphatic hydroxyl groups excluding tert-OH is 2. The highest BCUT2D eigenvalue weighted by molar-refractivity contribution is 5.80. The highest BCUT2D eigenvalue weighted by Gasteiger charge is 2.42. The minimum Gasteiger partial charge on any atom is -0.386 e. The lowest BCUT2D eigenvalue weighted by Gasteiger charge is -2.41. The Bertz CT molecular complexity index is 947. The molecule has 9 atom stereocenters. The summed E-state index contributed by atoms with van der Waals surface area (Å²) in [4.78, 5) is 30.9. The van der Waals surface area contributed by atoms with Crippen LogP contribution in [0.5, 0.6) is 0 Å². The van der Waals surface area contributed by atoms with Crippen molar-refractivity contribution in [3.63, 3.8) is 0 Å². The van der Waals surface area contributed by atoms with E-state index in [1.54, 1.807) is 21.1 Å². The lowest BCUT2D eigenvalue weighted by atomic mass is 9.89. The second-order valence-corrected chi connectivity index (χ2v) is 12.6. The van der Waals surface area contributed by atoms with E-state index in [9.17, 15) is 19.8 Å². The van der Waals surface area contributed by atoms with Crippen LogP contribution in [0.2, 0.25) is 0 Å². The molecule has 1 aliphatic heterocycles. The fraction of sp³-hybridized carbons (Fsp3) is 0.758. The number of aliphatic hydroxyl groups is 2. The van der Waals surface area contributed by atoms with E-state index in [1.807, 2.05) is 54.1 Å². The van der Waals surface area contributed by atoms with Gasteiger partial charge in [0, 0.05) is 26.8 Å². The van der Waals surface area contributed by atoms with Gasteiger partial charge in [0.1, 0.15) is 6.23 Å². The van der Waals surface area contributed by atoms with Gasteiger partial charge in [0.2, 0.25) is 11.8 Å². The first-order valence-electron chi connectivity index (χ1n) is 15.7. The van der Waals surface area contributed by atoms with Gasteiger partial charge in [-0.25, -0.2) is 0 Å². The molecule has 9 nitrogen and oxygen atoms in total. The monoisotopic (exact) mass is 591 g/mol. The van der Waals surface area contributed by atoms with Crippen LogP contribution < -0.4 is 5.32 Å². The summed E-state index contributed by atoms with van der Waals surface area (Å²) >= 11 is 0. The summed E-state index contributed by atoms with van der Waals surface area (Å²) in [7, 11) is 5.13. The number of benzene rings is 1. The van der Waals surface area contributed by atoms with Crippen LogP contribution in [0.15, 0.2) is 30.3 Å². The zero-order chi connectivity index (χ0) is 31.6. The molecule has 1 aromatic rings. The van der Waals surface area contributed by atoms with Crippen LogP contribution in [-0.4, -0.2) is 96.2 Å². The number of methoxy groups -OCH3 is 2. The van der Waals surface area contributed by atoms with Crippen LogP contribution in [0.25, 0.3) is 0 Å². The van der Waals surface area contributed by atoms with E-state index in [1.165, 1.54) is 0 Å². The Labute approximate surface area is 253 Å². The minimum atomic E-state index is -0.838. The van der Waals surface area contributed by atoms with Crippen molar-refractivity contribution >= 4 is 11.8 Å². The van der Waals surface area contributed by atoms with Crippen molar-refractivity contribution in [3.05, 3.63) is 35.9 Å². The van der Waals surface area contributed by atoms with Gasteiger partial charge in [-0.15, -0.1) is 0 Å². The molecule has 240 valence electrons. The Balaban J connectivity index is 2.14. The fourth-order valence-corrected chi connectivity index (χ4v) is 6.35. The van der Waals surface area contributed by atoms with Crippen LogP contribution in [0, 0.1) is 17.8 Å². The summed E-state index contributed by atoms with van der Waals surface area (Å²) in [6.45, 7) is 12.6. The first-order chi connectivity index (χ1) is 19.9. The molecule has 2 amide bonds. The largest absolute Gasteiger partial charge is 0.386 e. The smallest absolute Gasteiger partial charge is 0.225 e. The molecule has 0 aromatic heterocycles. The van der Waals surface area contributed by atoms with Crippen molar-refractivity contribution < 1.29 is 29.3 Å². The van der Waals surface area contributed by atoms with Gasteiger partial charge in [-0.1, -0.05) is 71.4 Å². The van der Waals surface area contributed by atoms with Gasteiger partial charge in [0.05, 0.1) is 42.7 Å². The molecule has 2 rings (SSSR count). The number of carbonyl (C=O) groups excluding carboxylic acids is 2. The van der Waals surface area contributed by atoms with Crippen molar-refractivity contribution in [2.75, 3.05) is 27.8 Å². The summed E-state index contributed by atoms with van der Waals surface area (Å²) in [5.41, 5.74) is 0.736. The molecule has 1 aromatic carbocycles. The molecule has 0 bridgehead atoms. The summed E-state index contributed by atoms with van der Waals surface area (Å²) in [6, 6.07) is 8.37. The second-order valence-electron chi connectivity index (χ2n) is 12.6. The summed E-state index contributed by atoms with van der Waals surface area (Å²) in [5, 5.41) is 24.6. The molecule has 0 radical (unpaired) electrons. The lowest BCUT2D eigenvalue weighted by Crippen LogP contribution is -2.54. The van der Waals surface area contributed by atoms with Crippen LogP contribution in [0.1, 0.15) is 85.3 Å². The molecule has 1 aliphatic rings. The molecule has 0 saturated carbocycles. The van der Waals surface area contributed by atoms with Gasteiger partial charge in [0.15, 0.2) is 0 Å². The third-order valence-electron chi connectivity index (χ3n) is 9.07. The zero-order valence-electron chi connectivity index (χ0n) is 27.3. The van der Waals surface area contributed by atoms with E-state index >= 15 is 0 Å². The van der Waals surface area contributed by atoms with Gasteiger partial charge < -0.3 is 29.9 Å². The average molecular weight is 592 g/mol. The molecular weight excluding hydrogens is 534 g/mol. The zero-order valence-corrected chi connectivity index (χ0v) is 27.3. The Kier molecular flexibility index (Phi) is 14.9. The molecule has 0 aliphatic carbocycles. The minimum absolute atomic E-state index is 0.0353. The maximum atomic E-state index is 13.8. The summed E-state index contributed by atoms with van der Waals surface area (Å²) < 4.78 is 11.8. The van der Waals surface area contributed by atoms with Gasteiger partial charge in [-0.3, -0.25) is 14.5 Å². The Morgan fingerprint density at radius 3 is 2.26 bits per heavy atom. The normalized spacial score (nSPS) is 21.5. The fourth-order valence-electron chi connectivity index (χ4n) is 6.35. The highest BCUT2D eigenvalue weighted by atomic mass is 16.5. The molecule has 3 N–H and O–H groups in total. The number of nitrogens with zero attached hydrogens (tertiary/aromatic N) is 2. The third-order valence-corrected chi connectivity index (χ3v) is 9.07. The van der Waals surface area contributed by atoms with Crippen molar-refractivity contribution in [2.24, 2.45) is 17.8 Å². The molecule has 42 heavy (non-hydrogen) atoms. The number of carbonyl (C=O) groups is 2. The number of likely N-dealkylation sites (N-methyl/N-ethyl adjacent to an activating group) is 1. The molecular formula is C33H57N3O6. The van der Waals surface area contributed by atoms with E-state index in [0.29, 0.717) is 18.9 Å². The third kappa shape index (κ3) is 9.48. The maximum Gasteiger partial charge on any atom is 0.225 e. The van der Waals surface area contributed by atoms with Crippen molar-refractivity contribution in [1.82, 2.24) is 15.1 Å². The second kappa shape index (κ2) is 17.3. The van der Waals surface area contributed by atoms with E-state index < -0.39 is 36.5 Å². The molecule has 1 unspecified atom stereocenters. The predicted octanol–water partition coefficient (Wildman–Crippen LogP) is 3.98. The van der Waals surface area contributed by atoms with Crippen molar-refractivity contribution in [3.8, 4) is 0 Å². The van der Waals surface area contributed by atoms with Crippen LogP contribution in [0.3, 0.4) is 0 Å². The number of nitrogens with one attached hydrogen (secondary N) is 1. The molecule has 9 heteroatoms. The number of likely N-dealkylation sites (tertiary alicyclic amines) is 1. The Hall–Kier alpha value is -2.04. The van der Waals surface area contributed by atoms with Gasteiger partial charge in [-0.05, 0) is 50.6 Å². The molecule has 1 saturated heterocycles. The number of hydrogen-bond acceptors (Lipinski definition) is 7. The first kappa shape index (κ1) is 36.2. The molecule has 1 fully saturated rings. The van der Waals surface area contributed by atoms with Crippen molar-refractivity contribution in [1.29, 1.82) is 0 Å². The number of hydrogen-bond donors (Lipinski definition) is 3. The van der Waals surface area contributed by atoms with Crippen LogP contribution in [0.4, 0.5) is 0 Å². The average Bonchev–Trinajstić information content (AvgIpc) is 3.46. The van der Waals surface area contributed by atoms with E-state index in [-0.39, 0.29) is 36.2 Å². The van der Waals surface area contributed by atoms with E-state index in [4.69, 9.17) is 9.47 Å². The van der Waals surface area contributed by atoms with Crippen LogP contribution >= 0.6 is 0 Å². The molecule has 0 spiro atoms. The SMILES string of the molecule is CC[C@H](C)[C@@H]([C@@H](CC(=O)N1CCC[C@H]1[C@H](OC)[C@@H](C)C(=O)N[C@H](C)[C@@H](O)c1ccccc1)OC)N(C)C(O)CC(C)C. The predicted molar refractivity (Wildman–Crippen MR) is 166 cm³/mol. The van der Waals surface area contributed by atoms with E-state index in [2.05, 4.69) is 33.0 Å². The van der Waals surface area contributed by atoms with Gasteiger partial charge >= 0.3 is 0 Å². The van der Waals surface area contributed by atoms with Crippen molar-refractivity contribution in [2.45, 2.75) is 116 Å². The van der Waals surface area contributed by atoms with E-state index in [0.717, 1.165) is 24.8 Å². The lowest BCUT2D eigenvalue weighted by molar-refractivity contribution is -0.145. The number of rotatable bonds is 17. The number of ether oxygens (including phenoxy) is 2. The molecule has 1 heterocycles. The Morgan fingerprint density at radius 1 is 1.07 bits per heavy atom. The quantitative estimate of drug-likeness (QED) is 0.235. The number of amides is 2. The Morgan fingerprint density at radius 2 is 1.71 bits per heavy atom.